The van der Waals surface area contributed by atoms with Gasteiger partial charge in [-0.2, -0.15) is 13.2 Å². The van der Waals surface area contributed by atoms with Gasteiger partial charge in [0.2, 0.25) is 0 Å². The number of morpholine rings is 1. The molecule has 0 saturated carbocycles. The van der Waals surface area contributed by atoms with Gasteiger partial charge in [-0.15, -0.1) is 0 Å². The Balaban J connectivity index is 1.45. The third kappa shape index (κ3) is 4.28. The smallest absolute Gasteiger partial charge is 0.394 e. The van der Waals surface area contributed by atoms with Gasteiger partial charge < -0.3 is 24.7 Å². The number of carbonyl (C=O) groups is 1. The van der Waals surface area contributed by atoms with Crippen LogP contribution < -0.4 is 4.90 Å². The molecule has 1 saturated heterocycles. The van der Waals surface area contributed by atoms with Crippen molar-refractivity contribution >= 4 is 22.5 Å². The maximum absolute atomic E-state index is 15.3. The van der Waals surface area contributed by atoms with Gasteiger partial charge in [-0.1, -0.05) is 18.2 Å². The molecule has 0 amide bonds. The normalized spacial score (nSPS) is 16.7. The second-order valence-corrected chi connectivity index (χ2v) is 8.18. The lowest BCUT2D eigenvalue weighted by Crippen LogP contribution is -2.44. The van der Waals surface area contributed by atoms with Crippen molar-refractivity contribution in [3.8, 4) is 11.5 Å². The number of H-pyrrole nitrogens is 2. The fraction of sp³-hybridized carbons (Fsp3) is 0.250. The van der Waals surface area contributed by atoms with E-state index in [4.69, 9.17) is 4.74 Å². The van der Waals surface area contributed by atoms with E-state index in [0.29, 0.717) is 36.6 Å². The minimum absolute atomic E-state index is 0.0154. The van der Waals surface area contributed by atoms with Gasteiger partial charge in [-0.05, 0) is 24.3 Å². The van der Waals surface area contributed by atoms with Gasteiger partial charge in [-0.3, -0.25) is 4.79 Å². The number of aromatic amines is 2. The first kappa shape index (κ1) is 23.1. The maximum Gasteiger partial charge on any atom is 0.417 e. The van der Waals surface area contributed by atoms with Crippen molar-refractivity contribution in [3.05, 3.63) is 71.2 Å². The minimum Gasteiger partial charge on any atom is -0.394 e. The number of carbonyl (C=O) groups excluding carboxylic acids is 1. The molecule has 0 radical (unpaired) electrons. The number of benzene rings is 2. The molecule has 0 unspecified atom stereocenters. The van der Waals surface area contributed by atoms with E-state index in [-0.39, 0.29) is 23.5 Å². The second kappa shape index (κ2) is 8.82. The van der Waals surface area contributed by atoms with Crippen molar-refractivity contribution in [2.45, 2.75) is 12.3 Å². The molecule has 2 aromatic heterocycles. The lowest BCUT2D eigenvalue weighted by Gasteiger charge is -2.33. The number of anilines is 1. The first-order chi connectivity index (χ1) is 16.8. The number of alkyl halides is 3. The number of halogens is 4. The summed E-state index contributed by atoms with van der Waals surface area (Å²) in [6.45, 7) is 0.967. The average molecular weight is 488 g/mol. The van der Waals surface area contributed by atoms with Gasteiger partial charge in [0.15, 0.2) is 17.4 Å². The summed E-state index contributed by atoms with van der Waals surface area (Å²) in [4.78, 5) is 24.7. The molecule has 182 valence electrons. The SMILES string of the molecule is O=C(c1c[nH]c(-c2nc3c(F)c(N4CCO[C@H](CO)C4)ccc3[nH]2)c1)c1ccccc1C(F)(F)F. The molecule has 11 heteroatoms. The fourth-order valence-electron chi connectivity index (χ4n) is 4.20. The Hall–Kier alpha value is -3.70. The molecule has 1 atom stereocenters. The Kier molecular flexibility index (Phi) is 5.81. The number of nitrogens with one attached hydrogen (secondary N) is 2. The number of imidazole rings is 1. The number of aliphatic hydroxyl groups excluding tert-OH is 1. The molecule has 0 spiro atoms. The molecule has 0 bridgehead atoms. The highest BCUT2D eigenvalue weighted by atomic mass is 19.4. The molecule has 2 aromatic carbocycles. The van der Waals surface area contributed by atoms with Crippen LogP contribution in [-0.2, 0) is 10.9 Å². The van der Waals surface area contributed by atoms with Crippen LogP contribution in [0.2, 0.25) is 0 Å². The first-order valence-electron chi connectivity index (χ1n) is 10.8. The van der Waals surface area contributed by atoms with Crippen molar-refractivity contribution < 1.29 is 32.2 Å². The third-order valence-electron chi connectivity index (χ3n) is 5.93. The highest BCUT2D eigenvalue weighted by molar-refractivity contribution is 6.10. The quantitative estimate of drug-likeness (QED) is 0.290. The average Bonchev–Trinajstić information content (AvgIpc) is 3.51. The Labute approximate surface area is 196 Å². The third-order valence-corrected chi connectivity index (χ3v) is 5.93. The fourth-order valence-corrected chi connectivity index (χ4v) is 4.20. The molecule has 3 N–H and O–H groups in total. The van der Waals surface area contributed by atoms with E-state index in [2.05, 4.69) is 15.0 Å². The number of ketones is 1. The summed E-state index contributed by atoms with van der Waals surface area (Å²) in [5.74, 6) is -1.12. The van der Waals surface area contributed by atoms with Gasteiger partial charge >= 0.3 is 6.18 Å². The van der Waals surface area contributed by atoms with Crippen molar-refractivity contribution in [3.63, 3.8) is 0 Å². The largest absolute Gasteiger partial charge is 0.417 e. The number of nitrogens with zero attached hydrogens (tertiary/aromatic N) is 2. The molecule has 3 heterocycles. The standard InChI is InChI=1S/C24H20F4N4O3/c25-20-19(32-7-8-35-14(11-32)12-33)6-5-17-21(20)31-23(30-17)18-9-13(10-29-18)22(34)15-3-1-2-4-16(15)24(26,27)28/h1-6,9-10,14,29,33H,7-8,11-12H2,(H,30,31)/t14-/m0/s1. The van der Waals surface area contributed by atoms with Crippen molar-refractivity contribution in [1.29, 1.82) is 0 Å². The van der Waals surface area contributed by atoms with Crippen LogP contribution in [0.1, 0.15) is 21.5 Å². The molecule has 1 aliphatic heterocycles. The van der Waals surface area contributed by atoms with Gasteiger partial charge in [0.05, 0.1) is 41.8 Å². The molecule has 1 aliphatic rings. The number of fused-ring (bicyclic) bond motifs is 1. The zero-order valence-electron chi connectivity index (χ0n) is 18.2. The van der Waals surface area contributed by atoms with Crippen LogP contribution in [0, 0.1) is 5.82 Å². The van der Waals surface area contributed by atoms with E-state index in [1.165, 1.54) is 24.4 Å². The second-order valence-electron chi connectivity index (χ2n) is 8.18. The van der Waals surface area contributed by atoms with Crippen LogP contribution in [-0.4, -0.2) is 58.2 Å². The van der Waals surface area contributed by atoms with Gasteiger partial charge in [-0.25, -0.2) is 9.37 Å². The van der Waals surface area contributed by atoms with Gasteiger partial charge in [0.1, 0.15) is 5.52 Å². The predicted molar refractivity (Wildman–Crippen MR) is 120 cm³/mol. The Morgan fingerprint density at radius 1 is 1.23 bits per heavy atom. The maximum atomic E-state index is 15.3. The molecular weight excluding hydrogens is 468 g/mol. The van der Waals surface area contributed by atoms with E-state index in [9.17, 15) is 23.1 Å². The number of aromatic nitrogens is 3. The molecule has 0 aliphatic carbocycles. The molecule has 35 heavy (non-hydrogen) atoms. The summed E-state index contributed by atoms with van der Waals surface area (Å²) >= 11 is 0. The number of hydrogen-bond acceptors (Lipinski definition) is 5. The Morgan fingerprint density at radius 2 is 2.03 bits per heavy atom. The molecule has 7 nitrogen and oxygen atoms in total. The number of ether oxygens (including phenoxy) is 1. The molecule has 1 fully saturated rings. The topological polar surface area (TPSA) is 94.2 Å². The monoisotopic (exact) mass is 488 g/mol. The van der Waals surface area contributed by atoms with Crippen LogP contribution in [0.25, 0.3) is 22.6 Å². The summed E-state index contributed by atoms with van der Waals surface area (Å²) in [6.07, 6.45) is -3.79. The summed E-state index contributed by atoms with van der Waals surface area (Å²) in [7, 11) is 0. The van der Waals surface area contributed by atoms with E-state index < -0.39 is 35.0 Å². The van der Waals surface area contributed by atoms with E-state index in [1.807, 2.05) is 0 Å². The lowest BCUT2D eigenvalue weighted by atomic mass is 9.99. The lowest BCUT2D eigenvalue weighted by molar-refractivity contribution is -0.137. The summed E-state index contributed by atoms with van der Waals surface area (Å²) in [5.41, 5.74) is -0.325. The van der Waals surface area contributed by atoms with E-state index >= 15 is 4.39 Å². The zero-order chi connectivity index (χ0) is 24.7. The molecule has 5 rings (SSSR count). The van der Waals surface area contributed by atoms with Crippen LogP contribution in [0.15, 0.2) is 48.7 Å². The molecular formula is C24H20F4N4O3. The van der Waals surface area contributed by atoms with Crippen molar-refractivity contribution in [1.82, 2.24) is 15.0 Å². The summed E-state index contributed by atoms with van der Waals surface area (Å²) in [5, 5.41) is 9.35. The van der Waals surface area contributed by atoms with E-state index in [1.54, 1.807) is 17.0 Å². The van der Waals surface area contributed by atoms with Gasteiger partial charge in [0.25, 0.3) is 0 Å². The Morgan fingerprint density at radius 3 is 2.80 bits per heavy atom. The van der Waals surface area contributed by atoms with Crippen molar-refractivity contribution in [2.75, 3.05) is 31.2 Å². The van der Waals surface area contributed by atoms with Crippen LogP contribution in [0.4, 0.5) is 23.2 Å². The summed E-state index contributed by atoms with van der Waals surface area (Å²) in [6, 6.07) is 9.23. The number of rotatable bonds is 5. The highest BCUT2D eigenvalue weighted by Crippen LogP contribution is 2.34. The number of hydrogen-bond donors (Lipinski definition) is 3. The Bertz CT molecular complexity index is 1400. The van der Waals surface area contributed by atoms with Gasteiger partial charge in [0, 0.05) is 30.4 Å². The summed E-state index contributed by atoms with van der Waals surface area (Å²) < 4.78 is 60.7. The predicted octanol–water partition coefficient (Wildman–Crippen LogP) is 4.14. The zero-order valence-corrected chi connectivity index (χ0v) is 18.2. The van der Waals surface area contributed by atoms with Crippen LogP contribution in [0.5, 0.6) is 0 Å². The minimum atomic E-state index is -4.67. The first-order valence-corrected chi connectivity index (χ1v) is 10.8. The van der Waals surface area contributed by atoms with E-state index in [0.717, 1.165) is 12.1 Å². The molecule has 4 aromatic rings. The van der Waals surface area contributed by atoms with Crippen LogP contribution >= 0.6 is 0 Å². The van der Waals surface area contributed by atoms with Crippen LogP contribution in [0.3, 0.4) is 0 Å². The number of aliphatic hydroxyl groups is 1. The van der Waals surface area contributed by atoms with Crippen molar-refractivity contribution in [2.24, 2.45) is 0 Å². The highest BCUT2D eigenvalue weighted by Gasteiger charge is 2.35.